The first kappa shape index (κ1) is 42.1. The number of hydrogen-bond donors (Lipinski definition) is 0. The van der Waals surface area contributed by atoms with Crippen LogP contribution in [0.5, 0.6) is 0 Å². The highest BCUT2D eigenvalue weighted by molar-refractivity contribution is 6.29. The fourth-order valence-electron chi connectivity index (χ4n) is 14.7. The van der Waals surface area contributed by atoms with Crippen LogP contribution >= 0.6 is 0 Å². The number of benzene rings is 10. The van der Waals surface area contributed by atoms with Crippen molar-refractivity contribution in [2.24, 2.45) is 0 Å². The van der Waals surface area contributed by atoms with Crippen LogP contribution in [0.4, 0.5) is 0 Å². The average molecular weight is 903 g/mol. The van der Waals surface area contributed by atoms with Crippen LogP contribution in [-0.2, 0) is 21.7 Å². The van der Waals surface area contributed by atoms with E-state index in [2.05, 4.69) is 229 Å². The Kier molecular flexibility index (Phi) is 8.16. The summed E-state index contributed by atoms with van der Waals surface area (Å²) >= 11 is 0. The molecule has 0 unspecified atom stereocenters. The molecule has 0 saturated carbocycles. The maximum Gasteiger partial charge on any atom is 0.0159 e. The fourth-order valence-corrected chi connectivity index (χ4v) is 14.7. The minimum Gasteiger partial charge on any atom is -0.0619 e. The molecule has 0 aliphatic heterocycles. The summed E-state index contributed by atoms with van der Waals surface area (Å²) in [6.45, 7) is 28.9. The smallest absolute Gasteiger partial charge is 0.0159 e. The first-order chi connectivity index (χ1) is 33.4. The van der Waals surface area contributed by atoms with Crippen LogP contribution in [0.15, 0.2) is 146 Å². The molecule has 14 rings (SSSR count). The summed E-state index contributed by atoms with van der Waals surface area (Å²) in [5.74, 6) is 0.708. The molecule has 10 aromatic carbocycles. The van der Waals surface area contributed by atoms with E-state index in [1.165, 1.54) is 155 Å². The van der Waals surface area contributed by atoms with Gasteiger partial charge in [-0.25, -0.2) is 0 Å². The summed E-state index contributed by atoms with van der Waals surface area (Å²) in [6, 6.07) is 58.1. The van der Waals surface area contributed by atoms with Crippen molar-refractivity contribution in [1.82, 2.24) is 0 Å². The van der Waals surface area contributed by atoms with Gasteiger partial charge in [-0.2, -0.15) is 0 Å². The molecule has 0 atom stereocenters. The maximum atomic E-state index is 2.56. The molecule has 10 aromatic rings. The summed E-state index contributed by atoms with van der Waals surface area (Å²) in [7, 11) is 0. The van der Waals surface area contributed by atoms with E-state index >= 15 is 0 Å². The van der Waals surface area contributed by atoms with Gasteiger partial charge in [0.2, 0.25) is 0 Å². The average Bonchev–Trinajstić information content (AvgIpc) is 3.90. The van der Waals surface area contributed by atoms with Crippen LogP contribution in [0, 0.1) is 0 Å². The molecular formula is C70H62. The Morgan fingerprint density at radius 3 is 0.914 bits per heavy atom. The second kappa shape index (κ2) is 13.6. The molecule has 0 heteroatoms. The van der Waals surface area contributed by atoms with Gasteiger partial charge in [0.15, 0.2) is 0 Å². The number of hydrogen-bond acceptors (Lipinski definition) is 0. The van der Waals surface area contributed by atoms with Crippen molar-refractivity contribution in [2.75, 3.05) is 0 Å². The van der Waals surface area contributed by atoms with E-state index in [1.807, 2.05) is 0 Å². The maximum absolute atomic E-state index is 2.56. The number of fused-ring (bicyclic) bond motifs is 12. The predicted molar refractivity (Wildman–Crippen MR) is 299 cm³/mol. The summed E-state index contributed by atoms with van der Waals surface area (Å²) in [6.07, 6.45) is 0. The van der Waals surface area contributed by atoms with Crippen molar-refractivity contribution in [3.63, 3.8) is 0 Å². The van der Waals surface area contributed by atoms with E-state index in [9.17, 15) is 0 Å². The fraction of sp³-hybridized carbons (Fsp3) is 0.257. The highest BCUT2D eigenvalue weighted by Crippen LogP contribution is 2.59. The van der Waals surface area contributed by atoms with E-state index < -0.39 is 0 Å². The van der Waals surface area contributed by atoms with Crippen molar-refractivity contribution >= 4 is 32.3 Å². The summed E-state index contributed by atoms with van der Waals surface area (Å²) < 4.78 is 0. The first-order valence-corrected chi connectivity index (χ1v) is 26.1. The highest BCUT2D eigenvalue weighted by Gasteiger charge is 2.43. The van der Waals surface area contributed by atoms with E-state index in [0.29, 0.717) is 11.8 Å². The number of rotatable bonds is 4. The lowest BCUT2D eigenvalue weighted by Crippen LogP contribution is -2.16. The van der Waals surface area contributed by atoms with Crippen LogP contribution in [-0.4, -0.2) is 0 Å². The van der Waals surface area contributed by atoms with Crippen molar-refractivity contribution in [2.45, 2.75) is 117 Å². The highest BCUT2D eigenvalue weighted by atomic mass is 14.5. The van der Waals surface area contributed by atoms with E-state index in [0.717, 1.165) is 0 Å². The Balaban J connectivity index is 0.973. The van der Waals surface area contributed by atoms with Crippen molar-refractivity contribution < 1.29 is 0 Å². The molecule has 70 heavy (non-hydrogen) atoms. The van der Waals surface area contributed by atoms with E-state index in [-0.39, 0.29) is 21.7 Å². The van der Waals surface area contributed by atoms with Crippen LogP contribution in [0.3, 0.4) is 0 Å². The lowest BCUT2D eigenvalue weighted by molar-refractivity contribution is 0.652. The van der Waals surface area contributed by atoms with Gasteiger partial charge in [-0.1, -0.05) is 180 Å². The van der Waals surface area contributed by atoms with Gasteiger partial charge in [0.25, 0.3) is 0 Å². The largest absolute Gasteiger partial charge is 0.0619 e. The molecule has 0 fully saturated rings. The minimum atomic E-state index is -0.104. The molecule has 0 bridgehead atoms. The summed E-state index contributed by atoms with van der Waals surface area (Å²) in [5, 5.41) is 8.26. The van der Waals surface area contributed by atoms with Crippen molar-refractivity contribution in [3.05, 3.63) is 201 Å². The third-order valence-electron chi connectivity index (χ3n) is 18.6. The molecule has 0 N–H and O–H groups in total. The van der Waals surface area contributed by atoms with Crippen LogP contribution < -0.4 is 0 Å². The zero-order chi connectivity index (χ0) is 48.3. The van der Waals surface area contributed by atoms with Gasteiger partial charge in [-0.15, -0.1) is 0 Å². The van der Waals surface area contributed by atoms with Crippen molar-refractivity contribution in [1.29, 1.82) is 0 Å². The Hall–Kier alpha value is -6.76. The quantitative estimate of drug-likeness (QED) is 0.154. The molecule has 0 amide bonds. The molecule has 0 radical (unpaired) electrons. The zero-order valence-electron chi connectivity index (χ0n) is 43.0. The van der Waals surface area contributed by atoms with Gasteiger partial charge < -0.3 is 0 Å². The molecule has 342 valence electrons. The van der Waals surface area contributed by atoms with Crippen molar-refractivity contribution in [3.8, 4) is 66.8 Å². The Bertz CT molecular complexity index is 3730. The molecule has 0 nitrogen and oxygen atoms in total. The molecular weight excluding hydrogens is 841 g/mol. The standard InChI is InChI=1S/C70H62/c1-37(2)47-31-49(39-21-27-59-51(29-39)55-35-61-53(33-63(55)69(59,9)10)41-17-13-15-19-57(41)67(61,5)6)45-26-24-44-48(38(3)4)32-50(46-25-23-43(47)65(45)66(44)46)40-22-28-60-52(30-40)56-36-62-54(34-64(56)70(60,11)12)42-18-14-16-20-58(42)68(62,7)8/h13-38H,1-12H3. The Morgan fingerprint density at radius 1 is 0.257 bits per heavy atom. The first-order valence-electron chi connectivity index (χ1n) is 26.1. The third kappa shape index (κ3) is 5.17. The molecule has 0 heterocycles. The lowest BCUT2D eigenvalue weighted by atomic mass is 9.79. The molecule has 0 aromatic heterocycles. The van der Waals surface area contributed by atoms with Crippen LogP contribution in [0.25, 0.3) is 99.1 Å². The van der Waals surface area contributed by atoms with Gasteiger partial charge in [0.1, 0.15) is 0 Å². The van der Waals surface area contributed by atoms with E-state index in [4.69, 9.17) is 0 Å². The summed E-state index contributed by atoms with van der Waals surface area (Å²) in [4.78, 5) is 0. The molecule has 4 aliphatic carbocycles. The predicted octanol–water partition coefficient (Wildman–Crippen LogP) is 19.4. The second-order valence-electron chi connectivity index (χ2n) is 24.4. The Morgan fingerprint density at radius 2 is 0.557 bits per heavy atom. The topological polar surface area (TPSA) is 0 Å². The molecule has 0 saturated heterocycles. The Labute approximate surface area is 414 Å². The van der Waals surface area contributed by atoms with Gasteiger partial charge in [0, 0.05) is 21.7 Å². The minimum absolute atomic E-state index is 0.0528. The van der Waals surface area contributed by atoms with Gasteiger partial charge in [0.05, 0.1) is 0 Å². The summed E-state index contributed by atoms with van der Waals surface area (Å²) in [5.41, 5.74) is 30.4. The van der Waals surface area contributed by atoms with Crippen LogP contribution in [0.2, 0.25) is 0 Å². The van der Waals surface area contributed by atoms with E-state index in [1.54, 1.807) is 0 Å². The lowest BCUT2D eigenvalue weighted by Gasteiger charge is -2.24. The normalized spacial score (nSPS) is 16.7. The monoisotopic (exact) mass is 902 g/mol. The van der Waals surface area contributed by atoms with Gasteiger partial charge in [-0.05, 0) is 215 Å². The second-order valence-corrected chi connectivity index (χ2v) is 24.4. The van der Waals surface area contributed by atoms with Gasteiger partial charge >= 0.3 is 0 Å². The molecule has 0 spiro atoms. The van der Waals surface area contributed by atoms with Gasteiger partial charge in [-0.3, -0.25) is 0 Å². The molecule has 4 aliphatic rings. The van der Waals surface area contributed by atoms with Crippen LogP contribution in [0.1, 0.15) is 151 Å². The SMILES string of the molecule is CC(C)c1cc(-c2ccc3c(c2)-c2cc4c(cc2C3(C)C)-c2ccccc2C4(C)C)c2ccc3c(C(C)C)cc(-c4ccc5c(c4)-c4cc6c(cc4C5(C)C)-c4ccccc4C6(C)C)c4ccc1c2c43. The third-order valence-corrected chi connectivity index (χ3v) is 18.6. The zero-order valence-corrected chi connectivity index (χ0v) is 43.0.